The van der Waals surface area contributed by atoms with Gasteiger partial charge in [-0.2, -0.15) is 0 Å². The van der Waals surface area contributed by atoms with Crippen molar-refractivity contribution in [3.05, 3.63) is 24.3 Å². The van der Waals surface area contributed by atoms with Crippen LogP contribution in [0.4, 0.5) is 0 Å². The predicted octanol–water partition coefficient (Wildman–Crippen LogP) is 18.1. The molecule has 0 N–H and O–H groups in total. The largest absolute Gasteiger partial charge is 2.00 e. The van der Waals surface area contributed by atoms with E-state index in [1.165, 1.54) is 231 Å². The van der Waals surface area contributed by atoms with Crippen LogP contribution in [0.3, 0.4) is 0 Å². The standard InChI is InChI=1S/2C28H56O4S.Ca/c2*1-3-5-7-9-10-11-12-13-14-15-16-17-18-19-20-22-24-26-28(27-32-33(29,30)31)25-23-21-8-6-4-2;/h2*24,26,28H,3-23,25,27H2,1-2H3,(H,29,30,31);/q;;+2/p-2/b2*26-24+;. The van der Waals surface area contributed by atoms with Crippen LogP contribution in [0.1, 0.15) is 310 Å². The fourth-order valence-electron chi connectivity index (χ4n) is 8.68. The van der Waals surface area contributed by atoms with E-state index in [1.54, 1.807) is 0 Å². The van der Waals surface area contributed by atoms with Crippen LogP contribution in [-0.4, -0.2) is 76.9 Å². The van der Waals surface area contributed by atoms with E-state index in [4.69, 9.17) is 0 Å². The average molecular weight is 1020 g/mol. The van der Waals surface area contributed by atoms with Crippen LogP contribution in [0.2, 0.25) is 0 Å². The van der Waals surface area contributed by atoms with Crippen molar-refractivity contribution < 1.29 is 34.3 Å². The summed E-state index contributed by atoms with van der Waals surface area (Å²) in [7, 11) is -9.21. The van der Waals surface area contributed by atoms with E-state index in [2.05, 4.69) is 60.4 Å². The maximum Gasteiger partial charge on any atom is 2.00 e. The minimum Gasteiger partial charge on any atom is -0.726 e. The number of hydrogen-bond acceptors (Lipinski definition) is 8. The van der Waals surface area contributed by atoms with Gasteiger partial charge in [0.2, 0.25) is 20.8 Å². The van der Waals surface area contributed by atoms with Gasteiger partial charge in [0.1, 0.15) is 0 Å². The first-order chi connectivity index (χ1) is 32.0. The number of allylic oxidation sites excluding steroid dienone is 2. The normalized spacial score (nSPS) is 13.0. The molecular weight excluding hydrogens is 905 g/mol. The predicted molar refractivity (Wildman–Crippen MR) is 288 cm³/mol. The van der Waals surface area contributed by atoms with Crippen molar-refractivity contribution in [2.24, 2.45) is 11.8 Å². The Bertz CT molecular complexity index is 1130. The number of hydrogen-bond donors (Lipinski definition) is 0. The zero-order chi connectivity index (χ0) is 48.9. The van der Waals surface area contributed by atoms with Gasteiger partial charge in [0.05, 0.1) is 13.2 Å². The second-order valence-corrected chi connectivity index (χ2v) is 21.7. The van der Waals surface area contributed by atoms with Gasteiger partial charge in [-0.3, -0.25) is 8.37 Å². The molecule has 0 amide bonds. The van der Waals surface area contributed by atoms with E-state index in [-0.39, 0.29) is 62.8 Å². The van der Waals surface area contributed by atoms with Crippen LogP contribution >= 0.6 is 0 Å². The molecule has 396 valence electrons. The van der Waals surface area contributed by atoms with Crippen molar-refractivity contribution in [3.8, 4) is 0 Å². The second kappa shape index (κ2) is 57.4. The SMILES string of the molecule is CCCCCCCCCCCCCCCCC/C=C/C(CCCCCCC)COS(=O)(=O)[O-].CCCCCCCCCCCCCCCCC/C=C/C(CCCCCCC)COS(=O)(=O)[O-].[Ca+2]. The maximum absolute atomic E-state index is 10.8. The molecule has 0 bridgehead atoms. The quantitative estimate of drug-likeness (QED) is 0.0193. The van der Waals surface area contributed by atoms with Crippen LogP contribution < -0.4 is 0 Å². The van der Waals surface area contributed by atoms with Gasteiger partial charge in [-0.15, -0.1) is 0 Å². The van der Waals surface area contributed by atoms with E-state index in [0.29, 0.717) is 0 Å². The molecule has 0 radical (unpaired) electrons. The van der Waals surface area contributed by atoms with Crippen molar-refractivity contribution in [3.63, 3.8) is 0 Å². The third-order valence-corrected chi connectivity index (χ3v) is 13.8. The fraction of sp³-hybridized carbons (Fsp3) is 0.929. The zero-order valence-electron chi connectivity index (χ0n) is 44.8. The number of rotatable bonds is 52. The molecule has 0 aromatic heterocycles. The Labute approximate surface area is 448 Å². The summed E-state index contributed by atoms with van der Waals surface area (Å²) in [5, 5.41) is 0. The maximum atomic E-state index is 10.8. The summed E-state index contributed by atoms with van der Waals surface area (Å²) in [6.07, 6.45) is 65.0. The van der Waals surface area contributed by atoms with Gasteiger partial charge in [-0.05, 0) is 38.5 Å². The smallest absolute Gasteiger partial charge is 0.726 e. The Morgan fingerprint density at radius 2 is 0.522 bits per heavy atom. The summed E-state index contributed by atoms with van der Waals surface area (Å²) in [6.45, 7) is 8.89. The van der Waals surface area contributed by atoms with Gasteiger partial charge in [0.15, 0.2) is 0 Å². The third kappa shape index (κ3) is 66.5. The van der Waals surface area contributed by atoms with Crippen LogP contribution in [0.5, 0.6) is 0 Å². The second-order valence-electron chi connectivity index (χ2n) is 19.6. The summed E-state index contributed by atoms with van der Waals surface area (Å²) in [5.41, 5.74) is 0. The van der Waals surface area contributed by atoms with Gasteiger partial charge in [-0.25, -0.2) is 16.8 Å². The van der Waals surface area contributed by atoms with Crippen molar-refractivity contribution in [2.75, 3.05) is 13.2 Å². The summed E-state index contributed by atoms with van der Waals surface area (Å²) < 4.78 is 73.7. The molecule has 0 spiro atoms. The van der Waals surface area contributed by atoms with Crippen LogP contribution in [0.25, 0.3) is 0 Å². The third-order valence-electron chi connectivity index (χ3n) is 13.0. The molecule has 2 atom stereocenters. The minimum atomic E-state index is -4.60. The Morgan fingerprint density at radius 1 is 0.328 bits per heavy atom. The fourth-order valence-corrected chi connectivity index (χ4v) is 9.36. The topological polar surface area (TPSA) is 133 Å². The molecule has 67 heavy (non-hydrogen) atoms. The van der Waals surface area contributed by atoms with E-state index >= 15 is 0 Å². The van der Waals surface area contributed by atoms with Crippen LogP contribution in [0, 0.1) is 11.8 Å². The van der Waals surface area contributed by atoms with Crippen molar-refractivity contribution >= 4 is 58.5 Å². The van der Waals surface area contributed by atoms with E-state index in [1.807, 2.05) is 0 Å². The summed E-state index contributed by atoms with van der Waals surface area (Å²) in [6, 6.07) is 0. The van der Waals surface area contributed by atoms with Crippen molar-refractivity contribution in [1.82, 2.24) is 0 Å². The first kappa shape index (κ1) is 71.7. The van der Waals surface area contributed by atoms with Gasteiger partial charge in [-0.1, -0.05) is 296 Å². The van der Waals surface area contributed by atoms with Gasteiger partial charge in [0, 0.05) is 11.8 Å². The van der Waals surface area contributed by atoms with Crippen LogP contribution in [-0.2, 0) is 29.2 Å². The average Bonchev–Trinajstić information content (AvgIpc) is 3.28. The molecule has 0 fully saturated rings. The molecule has 11 heteroatoms. The molecule has 0 saturated heterocycles. The summed E-state index contributed by atoms with van der Waals surface area (Å²) >= 11 is 0. The molecule has 0 aromatic carbocycles. The summed E-state index contributed by atoms with van der Waals surface area (Å²) in [4.78, 5) is 0. The molecule has 0 aliphatic heterocycles. The van der Waals surface area contributed by atoms with Gasteiger partial charge >= 0.3 is 37.7 Å². The Morgan fingerprint density at radius 3 is 0.731 bits per heavy atom. The van der Waals surface area contributed by atoms with E-state index in [0.717, 1.165) is 51.4 Å². The molecule has 2 unspecified atom stereocenters. The van der Waals surface area contributed by atoms with Gasteiger partial charge < -0.3 is 9.11 Å². The number of unbranched alkanes of at least 4 members (excludes halogenated alkanes) is 38. The van der Waals surface area contributed by atoms with Crippen molar-refractivity contribution in [1.29, 1.82) is 0 Å². The summed E-state index contributed by atoms with van der Waals surface area (Å²) in [5.74, 6) is 0.0402. The Kier molecular flexibility index (Phi) is 61.4. The van der Waals surface area contributed by atoms with E-state index < -0.39 is 20.8 Å². The van der Waals surface area contributed by atoms with Crippen LogP contribution in [0.15, 0.2) is 24.3 Å². The molecule has 0 aliphatic carbocycles. The molecule has 0 aromatic rings. The Hall–Kier alpha value is 0.480. The molecular formula is C56H110CaO8S2. The van der Waals surface area contributed by atoms with Crippen molar-refractivity contribution in [2.45, 2.75) is 310 Å². The van der Waals surface area contributed by atoms with E-state index in [9.17, 15) is 25.9 Å². The molecule has 0 heterocycles. The Balaban J connectivity index is -0.00000120. The zero-order valence-corrected chi connectivity index (χ0v) is 48.6. The molecule has 0 rings (SSSR count). The molecule has 0 saturated carbocycles. The minimum absolute atomic E-state index is 0. The molecule has 8 nitrogen and oxygen atoms in total. The molecule has 0 aliphatic rings. The van der Waals surface area contributed by atoms with Gasteiger partial charge in [0.25, 0.3) is 0 Å². The first-order valence-corrected chi connectivity index (χ1v) is 31.2. The first-order valence-electron chi connectivity index (χ1n) is 28.5. The monoisotopic (exact) mass is 1010 g/mol.